The third-order valence-electron chi connectivity index (χ3n) is 2.26. The van der Waals surface area contributed by atoms with Crippen LogP contribution in [0.5, 0.6) is 0 Å². The molecule has 0 aliphatic carbocycles. The molecule has 0 bridgehead atoms. The van der Waals surface area contributed by atoms with Crippen molar-refractivity contribution >= 4 is 33.5 Å². The van der Waals surface area contributed by atoms with Crippen molar-refractivity contribution in [2.75, 3.05) is 30.3 Å². The molecule has 0 unspecified atom stereocenters. The van der Waals surface area contributed by atoms with Gasteiger partial charge in [-0.1, -0.05) is 13.8 Å². The van der Waals surface area contributed by atoms with E-state index in [1.165, 1.54) is 6.33 Å². The Morgan fingerprint density at radius 2 is 1.95 bits per heavy atom. The molecule has 1 rings (SSSR count). The number of halogens is 1. The van der Waals surface area contributed by atoms with E-state index in [2.05, 4.69) is 55.7 Å². The highest BCUT2D eigenvalue weighted by molar-refractivity contribution is 9.10. The van der Waals surface area contributed by atoms with E-state index in [1.807, 2.05) is 6.92 Å². The van der Waals surface area contributed by atoms with E-state index in [0.717, 1.165) is 11.0 Å². The lowest BCUT2D eigenvalue weighted by Gasteiger charge is -2.11. The van der Waals surface area contributed by atoms with Crippen LogP contribution in [0.1, 0.15) is 20.8 Å². The molecule has 1 aromatic rings. The average molecular weight is 330 g/mol. The van der Waals surface area contributed by atoms with Gasteiger partial charge in [0.05, 0.1) is 6.54 Å². The van der Waals surface area contributed by atoms with Gasteiger partial charge in [-0.3, -0.25) is 4.79 Å². The van der Waals surface area contributed by atoms with Crippen molar-refractivity contribution in [3.05, 3.63) is 10.8 Å². The van der Waals surface area contributed by atoms with Crippen molar-refractivity contribution in [3.63, 3.8) is 0 Å². The Balaban J connectivity index is 2.53. The van der Waals surface area contributed by atoms with Crippen LogP contribution in [0.3, 0.4) is 0 Å². The second kappa shape index (κ2) is 7.93. The molecule has 0 spiro atoms. The van der Waals surface area contributed by atoms with Gasteiger partial charge in [0.1, 0.15) is 22.4 Å². The van der Waals surface area contributed by atoms with Crippen LogP contribution in [0.25, 0.3) is 0 Å². The van der Waals surface area contributed by atoms with Gasteiger partial charge in [-0.25, -0.2) is 9.97 Å². The van der Waals surface area contributed by atoms with E-state index in [-0.39, 0.29) is 12.5 Å². The molecule has 7 heteroatoms. The van der Waals surface area contributed by atoms with E-state index in [0.29, 0.717) is 24.1 Å². The molecular formula is C12H20BrN5O. The number of carbonyl (C=O) groups is 1. The van der Waals surface area contributed by atoms with Crippen molar-refractivity contribution in [1.29, 1.82) is 0 Å². The fourth-order valence-corrected chi connectivity index (χ4v) is 1.81. The summed E-state index contributed by atoms with van der Waals surface area (Å²) in [6.07, 6.45) is 1.46. The molecule has 0 atom stereocenters. The first kappa shape index (κ1) is 15.7. The first-order valence-corrected chi connectivity index (χ1v) is 7.08. The van der Waals surface area contributed by atoms with Crippen LogP contribution in [0.4, 0.5) is 11.6 Å². The highest BCUT2D eigenvalue weighted by Gasteiger charge is 2.09. The van der Waals surface area contributed by atoms with Crippen LogP contribution < -0.4 is 16.0 Å². The minimum Gasteiger partial charge on any atom is -0.369 e. The van der Waals surface area contributed by atoms with Gasteiger partial charge in [-0.05, 0) is 28.8 Å². The third kappa shape index (κ3) is 5.42. The highest BCUT2D eigenvalue weighted by atomic mass is 79.9. The highest BCUT2D eigenvalue weighted by Crippen LogP contribution is 2.25. The predicted molar refractivity (Wildman–Crippen MR) is 80.2 cm³/mol. The van der Waals surface area contributed by atoms with Crippen molar-refractivity contribution < 1.29 is 4.79 Å². The van der Waals surface area contributed by atoms with Gasteiger partial charge in [-0.15, -0.1) is 0 Å². The Bertz CT molecular complexity index is 425. The SMILES string of the molecule is CCNc1ncnc(NCC(=O)NCC(C)C)c1Br. The molecule has 0 aromatic carbocycles. The van der Waals surface area contributed by atoms with Gasteiger partial charge in [0, 0.05) is 13.1 Å². The Morgan fingerprint density at radius 3 is 2.53 bits per heavy atom. The Hall–Kier alpha value is -1.37. The molecule has 0 saturated heterocycles. The maximum absolute atomic E-state index is 11.6. The van der Waals surface area contributed by atoms with Gasteiger partial charge in [0.25, 0.3) is 0 Å². The quantitative estimate of drug-likeness (QED) is 0.711. The Labute approximate surface area is 121 Å². The van der Waals surface area contributed by atoms with Gasteiger partial charge < -0.3 is 16.0 Å². The van der Waals surface area contributed by atoms with Gasteiger partial charge >= 0.3 is 0 Å². The number of carbonyl (C=O) groups excluding carboxylic acids is 1. The van der Waals surface area contributed by atoms with Gasteiger partial charge in [-0.2, -0.15) is 0 Å². The predicted octanol–water partition coefficient (Wildman–Crippen LogP) is 1.85. The van der Waals surface area contributed by atoms with E-state index < -0.39 is 0 Å². The van der Waals surface area contributed by atoms with Crippen molar-refractivity contribution in [1.82, 2.24) is 15.3 Å². The molecular weight excluding hydrogens is 310 g/mol. The monoisotopic (exact) mass is 329 g/mol. The molecule has 6 nitrogen and oxygen atoms in total. The van der Waals surface area contributed by atoms with Crippen LogP contribution in [-0.2, 0) is 4.79 Å². The first-order valence-electron chi connectivity index (χ1n) is 6.29. The third-order valence-corrected chi connectivity index (χ3v) is 3.01. The van der Waals surface area contributed by atoms with Crippen LogP contribution in [0.15, 0.2) is 10.8 Å². The summed E-state index contributed by atoms with van der Waals surface area (Å²) in [6, 6.07) is 0. The second-order valence-electron chi connectivity index (χ2n) is 4.47. The van der Waals surface area contributed by atoms with E-state index in [4.69, 9.17) is 0 Å². The molecule has 1 heterocycles. The second-order valence-corrected chi connectivity index (χ2v) is 5.26. The van der Waals surface area contributed by atoms with Crippen molar-refractivity contribution in [2.45, 2.75) is 20.8 Å². The van der Waals surface area contributed by atoms with E-state index >= 15 is 0 Å². The fourth-order valence-electron chi connectivity index (χ4n) is 1.33. The first-order chi connectivity index (χ1) is 9.04. The molecule has 0 aliphatic rings. The van der Waals surface area contributed by atoms with Gasteiger partial charge in [0.2, 0.25) is 5.91 Å². The zero-order chi connectivity index (χ0) is 14.3. The number of amides is 1. The molecule has 0 fully saturated rings. The minimum atomic E-state index is -0.0517. The Kier molecular flexibility index (Phi) is 6.55. The molecule has 3 N–H and O–H groups in total. The number of rotatable bonds is 7. The minimum absolute atomic E-state index is 0.0517. The largest absolute Gasteiger partial charge is 0.369 e. The standard InChI is InChI=1S/C12H20BrN5O/c1-4-14-11-10(13)12(18-7-17-11)16-6-9(19)15-5-8(2)3/h7-8H,4-6H2,1-3H3,(H,15,19)(H2,14,16,17,18). The normalized spacial score (nSPS) is 10.4. The maximum Gasteiger partial charge on any atom is 0.239 e. The zero-order valence-corrected chi connectivity index (χ0v) is 13.0. The summed E-state index contributed by atoms with van der Waals surface area (Å²) in [5, 5.41) is 8.93. The number of aromatic nitrogens is 2. The summed E-state index contributed by atoms with van der Waals surface area (Å²) < 4.78 is 0.730. The van der Waals surface area contributed by atoms with E-state index in [9.17, 15) is 4.79 Å². The van der Waals surface area contributed by atoms with E-state index in [1.54, 1.807) is 0 Å². The average Bonchev–Trinajstić information content (AvgIpc) is 2.37. The summed E-state index contributed by atoms with van der Waals surface area (Å²) in [5.41, 5.74) is 0. The van der Waals surface area contributed by atoms with Crippen LogP contribution >= 0.6 is 15.9 Å². The molecule has 0 radical (unpaired) electrons. The number of hydrogen-bond acceptors (Lipinski definition) is 5. The summed E-state index contributed by atoms with van der Waals surface area (Å²) >= 11 is 3.41. The summed E-state index contributed by atoms with van der Waals surface area (Å²) in [5.74, 6) is 1.70. The number of hydrogen-bond donors (Lipinski definition) is 3. The summed E-state index contributed by atoms with van der Waals surface area (Å²) in [7, 11) is 0. The molecule has 19 heavy (non-hydrogen) atoms. The lowest BCUT2D eigenvalue weighted by Crippen LogP contribution is -2.32. The zero-order valence-electron chi connectivity index (χ0n) is 11.5. The topological polar surface area (TPSA) is 78.9 Å². The molecule has 0 aliphatic heterocycles. The summed E-state index contributed by atoms with van der Waals surface area (Å²) in [6.45, 7) is 7.72. The van der Waals surface area contributed by atoms with Crippen LogP contribution in [-0.4, -0.2) is 35.5 Å². The van der Waals surface area contributed by atoms with Crippen LogP contribution in [0, 0.1) is 5.92 Å². The maximum atomic E-state index is 11.6. The Morgan fingerprint density at radius 1 is 1.32 bits per heavy atom. The number of nitrogens with one attached hydrogen (secondary N) is 3. The number of nitrogens with zero attached hydrogens (tertiary/aromatic N) is 2. The lowest BCUT2D eigenvalue weighted by atomic mass is 10.2. The van der Waals surface area contributed by atoms with Gasteiger partial charge in [0.15, 0.2) is 0 Å². The smallest absolute Gasteiger partial charge is 0.239 e. The number of anilines is 2. The van der Waals surface area contributed by atoms with Crippen molar-refractivity contribution in [3.8, 4) is 0 Å². The molecule has 0 saturated carbocycles. The van der Waals surface area contributed by atoms with Crippen molar-refractivity contribution in [2.24, 2.45) is 5.92 Å². The molecule has 1 amide bonds. The lowest BCUT2D eigenvalue weighted by molar-refractivity contribution is -0.119. The molecule has 106 valence electrons. The summed E-state index contributed by atoms with van der Waals surface area (Å²) in [4.78, 5) is 19.8. The molecule has 1 aromatic heterocycles. The van der Waals surface area contributed by atoms with Crippen LogP contribution in [0.2, 0.25) is 0 Å². The fraction of sp³-hybridized carbons (Fsp3) is 0.583.